The molecule has 0 aromatic heterocycles. The maximum absolute atomic E-state index is 11.0. The fourth-order valence-corrected chi connectivity index (χ4v) is 11.0. The topological polar surface area (TPSA) is 113 Å². The van der Waals surface area contributed by atoms with Crippen LogP contribution in [0.25, 0.3) is 0 Å². The Morgan fingerprint density at radius 3 is 1.50 bits per heavy atom. The number of phenols is 1. The molecule has 0 bridgehead atoms. The van der Waals surface area contributed by atoms with Gasteiger partial charge in [-0.3, -0.25) is 4.79 Å². The number of carboxylic acids is 1. The Kier molecular flexibility index (Phi) is 10.5. The number of benzene rings is 4. The summed E-state index contributed by atoms with van der Waals surface area (Å²) >= 11 is -1.98. The van der Waals surface area contributed by atoms with E-state index in [4.69, 9.17) is 15.9 Å². The van der Waals surface area contributed by atoms with E-state index in [1.54, 1.807) is 12.1 Å². The number of phenolic OH excluding ortho intramolecular Hbond substituents is 1. The number of nitrogens with two attached hydrogens (primary N) is 1. The van der Waals surface area contributed by atoms with Gasteiger partial charge in [0.1, 0.15) is 11.8 Å². The van der Waals surface area contributed by atoms with Gasteiger partial charge in [0, 0.05) is 6.42 Å². The van der Waals surface area contributed by atoms with Gasteiger partial charge in [0.25, 0.3) is 0 Å². The summed E-state index contributed by atoms with van der Waals surface area (Å²) in [6, 6.07) is 38.0. The van der Waals surface area contributed by atoms with E-state index in [0.717, 1.165) is 0 Å². The average Bonchev–Trinajstić information content (AvgIpc) is 2.92. The molecule has 1 atom stereocenters. The molecule has 1 radical (unpaired) electrons. The first-order valence-electron chi connectivity index (χ1n) is 11.5. The van der Waals surface area contributed by atoms with Crippen molar-refractivity contribution in [2.45, 2.75) is 12.5 Å². The van der Waals surface area contributed by atoms with Gasteiger partial charge in [-0.05, 0) is 17.7 Å². The number of hydrogen-bond acceptors (Lipinski definition) is 4. The van der Waals surface area contributed by atoms with Crippen LogP contribution in [0.5, 0.6) is 5.75 Å². The van der Waals surface area contributed by atoms with E-state index in [0.29, 0.717) is 5.56 Å². The van der Waals surface area contributed by atoms with Crippen LogP contribution in [0, 0.1) is 0 Å². The molecule has 7 heteroatoms. The van der Waals surface area contributed by atoms with Crippen molar-refractivity contribution in [1.82, 2.24) is 5.32 Å². The minimum atomic E-state index is -1.98. The number of aromatic hydroxyl groups is 1. The predicted molar refractivity (Wildman–Crippen MR) is 144 cm³/mol. The third kappa shape index (κ3) is 8.25. The zero-order valence-corrected chi connectivity index (χ0v) is 22.6. The van der Waals surface area contributed by atoms with E-state index in [9.17, 15) is 9.59 Å². The second-order valence-electron chi connectivity index (χ2n) is 8.01. The van der Waals surface area contributed by atoms with Crippen LogP contribution in [-0.2, 0) is 16.0 Å². The van der Waals surface area contributed by atoms with Gasteiger partial charge in [-0.2, -0.15) is 0 Å². The molecule has 0 fully saturated rings. The van der Waals surface area contributed by atoms with Gasteiger partial charge in [-0.25, -0.2) is 4.79 Å². The van der Waals surface area contributed by atoms with Crippen molar-refractivity contribution in [3.05, 3.63) is 121 Å². The number of carbonyl (C=O) groups is 2. The first-order valence-corrected chi connectivity index (χ1v) is 15.8. The molecular weight excluding hydrogens is 559 g/mol. The Morgan fingerprint density at radius 1 is 0.722 bits per heavy atom. The molecule has 183 valence electrons. The van der Waals surface area contributed by atoms with Crippen LogP contribution in [0.15, 0.2) is 115 Å². The molecule has 0 aliphatic heterocycles. The fraction of sp³-hybridized carbons (Fsp3) is 0.103. The summed E-state index contributed by atoms with van der Waals surface area (Å²) in [5, 5.41) is 20.3. The molecule has 0 unspecified atom stereocenters. The molecule has 4 aromatic rings. The van der Waals surface area contributed by atoms with Crippen LogP contribution in [0.1, 0.15) is 5.56 Å². The fourth-order valence-electron chi connectivity index (χ4n) is 3.64. The predicted octanol–water partition coefficient (Wildman–Crippen LogP) is 1.67. The third-order valence-electron chi connectivity index (χ3n) is 5.38. The van der Waals surface area contributed by atoms with Gasteiger partial charge >= 0.3 is 127 Å². The molecule has 5 N–H and O–H groups in total. The van der Waals surface area contributed by atoms with Crippen LogP contribution in [0.4, 0.5) is 0 Å². The number of amides is 1. The number of rotatable bonds is 8. The number of carboxylic acid groups (broad SMARTS) is 1. The summed E-state index contributed by atoms with van der Waals surface area (Å²) in [6.07, 6.45) is 0.140. The molecule has 4 aromatic carbocycles. The first-order chi connectivity index (χ1) is 17.5. The van der Waals surface area contributed by atoms with Crippen LogP contribution >= 0.6 is 0 Å². The van der Waals surface area contributed by atoms with Crippen molar-refractivity contribution in [3.8, 4) is 5.75 Å². The number of aliphatic carboxylic acids is 1. The van der Waals surface area contributed by atoms with Gasteiger partial charge in [0.2, 0.25) is 5.91 Å². The molecule has 0 saturated heterocycles. The summed E-state index contributed by atoms with van der Waals surface area (Å²) < 4.78 is 4.59. The molecule has 1 amide bonds. The SMILES string of the molecule is NCC(=O)N[C@H](Cc1ccc(O)cc1)C(=O)O.c1cc[c]([Sn]([c]2ccccc2)[c]2ccccc2)cc1. The molecule has 0 heterocycles. The number of carbonyl (C=O) groups excluding carboxylic acids is 1. The summed E-state index contributed by atoms with van der Waals surface area (Å²) in [6.45, 7) is -0.251. The van der Waals surface area contributed by atoms with E-state index in [-0.39, 0.29) is 18.7 Å². The van der Waals surface area contributed by atoms with E-state index < -0.39 is 37.7 Å². The molecule has 0 aliphatic rings. The van der Waals surface area contributed by atoms with Crippen molar-refractivity contribution < 1.29 is 19.8 Å². The van der Waals surface area contributed by atoms with Crippen molar-refractivity contribution in [3.63, 3.8) is 0 Å². The summed E-state index contributed by atoms with van der Waals surface area (Å²) in [7, 11) is 0. The molecule has 4 rings (SSSR count). The maximum atomic E-state index is 11.0. The van der Waals surface area contributed by atoms with Crippen molar-refractivity contribution >= 4 is 42.4 Å². The Labute approximate surface area is 218 Å². The molecule has 0 saturated carbocycles. The summed E-state index contributed by atoms with van der Waals surface area (Å²) in [5.41, 5.74) is 5.80. The molecule has 6 nitrogen and oxygen atoms in total. The van der Waals surface area contributed by atoms with E-state index >= 15 is 0 Å². The average molecular weight is 588 g/mol. The van der Waals surface area contributed by atoms with Crippen molar-refractivity contribution in [1.29, 1.82) is 0 Å². The van der Waals surface area contributed by atoms with Crippen LogP contribution in [-0.4, -0.2) is 54.4 Å². The summed E-state index contributed by atoms with van der Waals surface area (Å²) in [5.74, 6) is -1.54. The standard InChI is InChI=1S/C11H14N2O4.3C6H5.Sn/c12-6-10(15)13-9(11(16)17)5-7-1-3-8(14)4-2-7;3*1-2-4-6-5-3-1;/h1-4,9,14H,5-6,12H2,(H,13,15)(H,16,17);3*1-5H;/t9-;;;;/m1..../s1. The second-order valence-corrected chi connectivity index (χ2v) is 15.1. The molecular formula is C29H29N2O4Sn. The van der Waals surface area contributed by atoms with E-state index in [1.165, 1.54) is 22.9 Å². The minimum absolute atomic E-state index is 0.103. The summed E-state index contributed by atoms with van der Waals surface area (Å²) in [4.78, 5) is 21.9. The van der Waals surface area contributed by atoms with E-state index in [2.05, 4.69) is 96.3 Å². The Hall–Kier alpha value is -3.62. The zero-order chi connectivity index (χ0) is 25.8. The van der Waals surface area contributed by atoms with Crippen molar-refractivity contribution in [2.24, 2.45) is 5.73 Å². The van der Waals surface area contributed by atoms with Crippen LogP contribution < -0.4 is 21.8 Å². The van der Waals surface area contributed by atoms with Crippen LogP contribution in [0.2, 0.25) is 0 Å². The van der Waals surface area contributed by atoms with Gasteiger partial charge in [0.05, 0.1) is 6.54 Å². The van der Waals surface area contributed by atoms with Crippen molar-refractivity contribution in [2.75, 3.05) is 6.54 Å². The van der Waals surface area contributed by atoms with E-state index in [1.807, 2.05) is 0 Å². The zero-order valence-electron chi connectivity index (χ0n) is 19.7. The van der Waals surface area contributed by atoms with Gasteiger partial charge < -0.3 is 21.3 Å². The molecule has 36 heavy (non-hydrogen) atoms. The van der Waals surface area contributed by atoms with Gasteiger partial charge in [-0.15, -0.1) is 0 Å². The second kappa shape index (κ2) is 14.1. The molecule has 0 spiro atoms. The Morgan fingerprint density at radius 2 is 1.14 bits per heavy atom. The number of nitrogens with one attached hydrogen (secondary N) is 1. The Balaban J connectivity index is 0.000000202. The van der Waals surface area contributed by atoms with Crippen LogP contribution in [0.3, 0.4) is 0 Å². The Bertz CT molecular complexity index is 1130. The quantitative estimate of drug-likeness (QED) is 0.234. The first kappa shape index (κ1) is 27.0. The molecule has 0 aliphatic carbocycles. The third-order valence-corrected chi connectivity index (χ3v) is 13.2. The monoisotopic (exact) mass is 589 g/mol. The van der Waals surface area contributed by atoms with Gasteiger partial charge in [-0.1, -0.05) is 12.1 Å². The number of hydrogen-bond donors (Lipinski definition) is 4. The van der Waals surface area contributed by atoms with Gasteiger partial charge in [0.15, 0.2) is 0 Å². The normalized spacial score (nSPS) is 11.2.